The number of benzene rings is 2. The Morgan fingerprint density at radius 2 is 1.24 bits per heavy atom. The van der Waals surface area contributed by atoms with Gasteiger partial charge in [0.05, 0.1) is 101 Å². The number of nitrogens with zero attached hydrogens (tertiary/aromatic N) is 5. The monoisotopic (exact) mass is 825 g/mol. The molecule has 16 heteroatoms. The van der Waals surface area contributed by atoms with E-state index in [1.54, 1.807) is 0 Å². The number of hydrogen-bond donors (Lipinski definition) is 5. The molecule has 58 heavy (non-hydrogen) atoms. The Labute approximate surface area is 349 Å². The molecule has 1 aromatic heterocycles. The Bertz CT molecular complexity index is 1710. The van der Waals surface area contributed by atoms with Crippen molar-refractivity contribution in [2.75, 3.05) is 119 Å². The average molecular weight is 827 g/mol. The lowest BCUT2D eigenvalue weighted by atomic mass is 9.99. The lowest BCUT2D eigenvalue weighted by Gasteiger charge is -2.45. The quantitative estimate of drug-likeness (QED) is 0.0952. The van der Waals surface area contributed by atoms with Gasteiger partial charge >= 0.3 is 0 Å². The molecule has 0 radical (unpaired) electrons. The van der Waals surface area contributed by atoms with Crippen LogP contribution in [-0.2, 0) is 22.4 Å². The number of rotatable bonds is 22. The second-order valence-corrected chi connectivity index (χ2v) is 17.8. The number of carbonyl (C=O) groups is 3. The molecule has 7 N–H and O–H groups in total. The Balaban J connectivity index is 1.33. The standard InChI is InChI=1S/C42H63ClN10O5/c1-51(2,3)26-21-46-36(54)29-57-34-17-13-31(14-18-34)10-7-23-53(25-9-12-33(28-53)48-42(56)38-40(44)50-41(45)39(43)49-38)24-8-11-32-15-19-35(20-16-32)58-30-37(55)47-22-27-52(4,5)6/h13-20,33H,7-12,21-30H2,1-6H3,(H4-3,44,45,46,47,48,50,54,55,56)/p+3/t33-/m0/s1. The molecular weight excluding hydrogens is 760 g/mol. The van der Waals surface area contributed by atoms with Crippen LogP contribution in [0.1, 0.15) is 47.3 Å². The molecule has 1 saturated heterocycles. The first kappa shape index (κ1) is 46.0. The number of piperidine rings is 1. The van der Waals surface area contributed by atoms with Crippen LogP contribution in [0.2, 0.25) is 5.15 Å². The van der Waals surface area contributed by atoms with E-state index in [-0.39, 0.29) is 53.6 Å². The second kappa shape index (κ2) is 21.3. The molecule has 0 saturated carbocycles. The van der Waals surface area contributed by atoms with Crippen molar-refractivity contribution in [3.05, 3.63) is 70.5 Å². The van der Waals surface area contributed by atoms with Crippen LogP contribution in [-0.4, -0.2) is 155 Å². The lowest BCUT2D eigenvalue weighted by molar-refractivity contribution is -0.933. The number of aryl methyl sites for hydroxylation is 2. The number of hydrogen-bond acceptors (Lipinski definition) is 9. The van der Waals surface area contributed by atoms with Crippen LogP contribution in [0.4, 0.5) is 11.6 Å². The highest BCUT2D eigenvalue weighted by atomic mass is 35.5. The maximum atomic E-state index is 13.3. The van der Waals surface area contributed by atoms with Crippen LogP contribution in [0, 0.1) is 0 Å². The van der Waals surface area contributed by atoms with Gasteiger partial charge in [-0.25, -0.2) is 9.97 Å². The summed E-state index contributed by atoms with van der Waals surface area (Å²) in [7, 11) is 12.5. The van der Waals surface area contributed by atoms with Gasteiger partial charge in [-0.1, -0.05) is 35.9 Å². The van der Waals surface area contributed by atoms with Crippen LogP contribution in [0.25, 0.3) is 0 Å². The molecule has 0 spiro atoms. The molecule has 2 heterocycles. The van der Waals surface area contributed by atoms with E-state index in [4.69, 9.17) is 32.5 Å². The predicted molar refractivity (Wildman–Crippen MR) is 228 cm³/mol. The number of carbonyl (C=O) groups excluding carboxylic acids is 3. The Morgan fingerprint density at radius 3 is 1.71 bits per heavy atom. The van der Waals surface area contributed by atoms with Crippen LogP contribution in [0.3, 0.4) is 0 Å². The number of likely N-dealkylation sites (N-methyl/N-ethyl adjacent to an activating group) is 2. The second-order valence-electron chi connectivity index (χ2n) is 17.4. The molecule has 4 rings (SSSR count). The molecule has 2 aromatic carbocycles. The van der Waals surface area contributed by atoms with Crippen molar-refractivity contribution >= 4 is 41.0 Å². The number of ether oxygens (including phenoxy) is 2. The predicted octanol–water partition coefficient (Wildman–Crippen LogP) is 2.67. The van der Waals surface area contributed by atoms with Crippen molar-refractivity contribution in [2.24, 2.45) is 0 Å². The first-order valence-electron chi connectivity index (χ1n) is 20.2. The lowest BCUT2D eigenvalue weighted by Crippen LogP contribution is -2.60. The van der Waals surface area contributed by atoms with Gasteiger partial charge in [-0.2, -0.15) is 0 Å². The normalized spacial score (nSPS) is 15.3. The van der Waals surface area contributed by atoms with E-state index < -0.39 is 5.91 Å². The summed E-state index contributed by atoms with van der Waals surface area (Å²) < 4.78 is 13.9. The number of nitrogens with two attached hydrogens (primary N) is 2. The Hall–Kier alpha value is -4.70. The Kier molecular flexibility index (Phi) is 16.9. The number of quaternary nitrogens is 3. The summed E-state index contributed by atoms with van der Waals surface area (Å²) >= 11 is 6.08. The van der Waals surface area contributed by atoms with Crippen molar-refractivity contribution in [1.82, 2.24) is 25.9 Å². The maximum Gasteiger partial charge on any atom is 0.274 e. The number of aromatic nitrogens is 2. The first-order chi connectivity index (χ1) is 27.4. The minimum absolute atomic E-state index is 0.0173. The third-order valence-corrected chi connectivity index (χ3v) is 10.5. The van der Waals surface area contributed by atoms with Crippen molar-refractivity contribution in [3.63, 3.8) is 0 Å². The number of nitrogen functional groups attached to an aromatic ring is 2. The van der Waals surface area contributed by atoms with E-state index in [9.17, 15) is 14.4 Å². The zero-order valence-corrected chi connectivity index (χ0v) is 36.1. The number of anilines is 2. The van der Waals surface area contributed by atoms with Gasteiger partial charge in [-0.15, -0.1) is 0 Å². The number of amides is 3. The zero-order valence-electron chi connectivity index (χ0n) is 35.3. The molecule has 0 aliphatic carbocycles. The van der Waals surface area contributed by atoms with Crippen molar-refractivity contribution < 1.29 is 37.3 Å². The summed E-state index contributed by atoms with van der Waals surface area (Å²) in [5, 5.41) is 8.92. The summed E-state index contributed by atoms with van der Waals surface area (Å²) in [5.74, 6) is 0.567. The average Bonchev–Trinajstić information content (AvgIpc) is 3.15. The van der Waals surface area contributed by atoms with E-state index in [1.807, 2.05) is 24.3 Å². The minimum atomic E-state index is -0.412. The van der Waals surface area contributed by atoms with E-state index in [0.29, 0.717) is 24.6 Å². The molecule has 1 fully saturated rings. The summed E-state index contributed by atoms with van der Waals surface area (Å²) in [6.07, 6.45) is 5.47. The van der Waals surface area contributed by atoms with E-state index >= 15 is 0 Å². The van der Waals surface area contributed by atoms with Gasteiger partial charge in [0.1, 0.15) is 11.5 Å². The summed E-state index contributed by atoms with van der Waals surface area (Å²) in [4.78, 5) is 45.9. The fourth-order valence-corrected chi connectivity index (χ4v) is 7.15. The fourth-order valence-electron chi connectivity index (χ4n) is 7.02. The highest BCUT2D eigenvalue weighted by Crippen LogP contribution is 2.25. The van der Waals surface area contributed by atoms with E-state index in [1.165, 1.54) is 11.1 Å². The smallest absolute Gasteiger partial charge is 0.274 e. The van der Waals surface area contributed by atoms with Gasteiger partial charge in [0.25, 0.3) is 17.7 Å². The minimum Gasteiger partial charge on any atom is -0.484 e. The van der Waals surface area contributed by atoms with Crippen molar-refractivity contribution in [2.45, 2.75) is 44.6 Å². The molecular formula is C42H66ClN10O5+3. The largest absolute Gasteiger partial charge is 0.484 e. The molecule has 3 amide bonds. The van der Waals surface area contributed by atoms with Crippen LogP contribution in [0.15, 0.2) is 48.5 Å². The number of likely N-dealkylation sites (tertiary alicyclic amines) is 1. The van der Waals surface area contributed by atoms with Crippen LogP contribution in [0.5, 0.6) is 11.5 Å². The fraction of sp³-hybridized carbons (Fsp3) is 0.548. The van der Waals surface area contributed by atoms with Gasteiger partial charge in [0, 0.05) is 12.8 Å². The highest BCUT2D eigenvalue weighted by Gasteiger charge is 2.35. The molecule has 1 atom stereocenters. The van der Waals surface area contributed by atoms with Gasteiger partial charge < -0.3 is 50.3 Å². The van der Waals surface area contributed by atoms with E-state index in [2.05, 4.69) is 92.5 Å². The number of nitrogens with one attached hydrogen (secondary N) is 3. The van der Waals surface area contributed by atoms with Crippen LogP contribution >= 0.6 is 11.6 Å². The highest BCUT2D eigenvalue weighted by molar-refractivity contribution is 6.31. The molecule has 3 aromatic rings. The first-order valence-corrected chi connectivity index (χ1v) is 20.6. The van der Waals surface area contributed by atoms with Gasteiger partial charge in [-0.05, 0) is 61.1 Å². The third kappa shape index (κ3) is 16.3. The Morgan fingerprint density at radius 1 is 0.759 bits per heavy atom. The summed E-state index contributed by atoms with van der Waals surface area (Å²) in [5.41, 5.74) is 14.1. The topological polar surface area (TPSA) is 184 Å². The molecule has 0 unspecified atom stereocenters. The molecule has 0 bridgehead atoms. The summed E-state index contributed by atoms with van der Waals surface area (Å²) in [6.45, 7) is 6.50. The van der Waals surface area contributed by atoms with Crippen LogP contribution < -0.4 is 36.9 Å². The van der Waals surface area contributed by atoms with Gasteiger partial charge in [0.15, 0.2) is 35.7 Å². The zero-order chi connectivity index (χ0) is 42.3. The summed E-state index contributed by atoms with van der Waals surface area (Å²) in [6, 6.07) is 15.8. The molecule has 1 aliphatic heterocycles. The maximum absolute atomic E-state index is 13.3. The van der Waals surface area contributed by atoms with Crippen molar-refractivity contribution in [1.29, 1.82) is 0 Å². The number of halogens is 1. The third-order valence-electron chi connectivity index (χ3n) is 10.2. The molecule has 1 aliphatic rings. The van der Waals surface area contributed by atoms with E-state index in [0.717, 1.165) is 91.2 Å². The van der Waals surface area contributed by atoms with Crippen molar-refractivity contribution in [3.8, 4) is 11.5 Å². The molecule has 318 valence electrons. The SMILES string of the molecule is C[N+](C)(C)CCNC(=O)COc1ccc(CCC[N+]2(CCCc3ccc(OCC(=O)NCC[N+](C)(C)C)cc3)CCC[C@H](NC(=O)c3nc(Cl)c(N)nc3N)C2)cc1. The van der Waals surface area contributed by atoms with Gasteiger partial charge in [-0.3, -0.25) is 14.4 Å². The van der Waals surface area contributed by atoms with Gasteiger partial charge in [0.2, 0.25) is 0 Å². The molecule has 15 nitrogen and oxygen atoms in total.